The number of hydrogen-bond acceptors (Lipinski definition) is 1. The Morgan fingerprint density at radius 1 is 1.62 bits per heavy atom. The molecule has 1 nitrogen and oxygen atoms in total. The van der Waals surface area contributed by atoms with Crippen LogP contribution in [0.3, 0.4) is 0 Å². The van der Waals surface area contributed by atoms with Crippen molar-refractivity contribution in [2.24, 2.45) is 0 Å². The number of hydrogen-bond donors (Lipinski definition) is 0. The maximum absolute atomic E-state index is 2.44. The molecule has 1 heteroatoms. The largest absolute Gasteiger partial charge is 0.297 e. The molecule has 2 atom stereocenters. The van der Waals surface area contributed by atoms with Gasteiger partial charge in [0, 0.05) is 12.1 Å². The molecule has 1 aliphatic carbocycles. The minimum atomic E-state index is 0.800. The Morgan fingerprint density at radius 2 is 2.50 bits per heavy atom. The van der Waals surface area contributed by atoms with E-state index >= 15 is 0 Å². The van der Waals surface area contributed by atoms with Gasteiger partial charge in [0.2, 0.25) is 0 Å². The average molecular weight is 109 g/mol. The van der Waals surface area contributed by atoms with E-state index in [0.29, 0.717) is 0 Å². The van der Waals surface area contributed by atoms with Gasteiger partial charge in [-0.1, -0.05) is 12.2 Å². The number of rotatable bonds is 0. The quantitative estimate of drug-likeness (QED) is 0.420. The smallest absolute Gasteiger partial charge is 0.0293 e. The Bertz CT molecular complexity index is 128. The molecule has 8 heavy (non-hydrogen) atoms. The fourth-order valence-corrected chi connectivity index (χ4v) is 1.61. The Morgan fingerprint density at radius 3 is 2.75 bits per heavy atom. The first-order valence-electron chi connectivity index (χ1n) is 3.26. The van der Waals surface area contributed by atoms with E-state index in [1.54, 1.807) is 0 Å². The topological polar surface area (TPSA) is 3.24 Å². The van der Waals surface area contributed by atoms with Crippen LogP contribution < -0.4 is 0 Å². The molecule has 0 saturated carbocycles. The van der Waals surface area contributed by atoms with Gasteiger partial charge in [0.1, 0.15) is 0 Å². The standard InChI is InChI=1S/C7H11N/c1-8-6-3-2-4-7(8)5-6/h2-3,6-7H,4-5H2,1H3. The monoisotopic (exact) mass is 109 g/mol. The van der Waals surface area contributed by atoms with Crippen molar-refractivity contribution in [1.29, 1.82) is 0 Å². The summed E-state index contributed by atoms with van der Waals surface area (Å²) in [6, 6.07) is 1.69. The van der Waals surface area contributed by atoms with Crippen LogP contribution in [0.2, 0.25) is 0 Å². The molecule has 2 unspecified atom stereocenters. The summed E-state index contributed by atoms with van der Waals surface area (Å²) in [5.41, 5.74) is 0. The second-order valence-electron chi connectivity index (χ2n) is 2.79. The van der Waals surface area contributed by atoms with Crippen LogP contribution in [0.1, 0.15) is 12.8 Å². The number of likely N-dealkylation sites (N-methyl/N-ethyl adjacent to an activating group) is 1. The van der Waals surface area contributed by atoms with Crippen molar-refractivity contribution in [1.82, 2.24) is 4.90 Å². The highest BCUT2D eigenvalue weighted by atomic mass is 15.2. The van der Waals surface area contributed by atoms with E-state index < -0.39 is 0 Å². The van der Waals surface area contributed by atoms with Crippen LogP contribution >= 0.6 is 0 Å². The van der Waals surface area contributed by atoms with Crippen LogP contribution in [0.15, 0.2) is 12.2 Å². The summed E-state index contributed by atoms with van der Waals surface area (Å²) in [4.78, 5) is 2.44. The van der Waals surface area contributed by atoms with Crippen molar-refractivity contribution in [3.8, 4) is 0 Å². The maximum Gasteiger partial charge on any atom is 0.0293 e. The van der Waals surface area contributed by atoms with E-state index in [9.17, 15) is 0 Å². The van der Waals surface area contributed by atoms with Gasteiger partial charge in [0.15, 0.2) is 0 Å². The molecule has 44 valence electrons. The summed E-state index contributed by atoms with van der Waals surface area (Å²) >= 11 is 0. The van der Waals surface area contributed by atoms with Crippen molar-refractivity contribution < 1.29 is 0 Å². The molecule has 0 amide bonds. The van der Waals surface area contributed by atoms with Gasteiger partial charge >= 0.3 is 0 Å². The molecule has 0 radical (unpaired) electrons. The van der Waals surface area contributed by atoms with E-state index in [1.165, 1.54) is 12.8 Å². The summed E-state index contributed by atoms with van der Waals surface area (Å²) in [5, 5.41) is 0. The number of fused-ring (bicyclic) bond motifs is 1. The third-order valence-corrected chi connectivity index (χ3v) is 2.38. The van der Waals surface area contributed by atoms with Crippen LogP contribution in [0.5, 0.6) is 0 Å². The fraction of sp³-hybridized carbons (Fsp3) is 0.714. The average Bonchev–Trinajstić information content (AvgIpc) is 1.89. The Balaban J connectivity index is 2.18. The molecule has 0 aromatic heterocycles. The molecular weight excluding hydrogens is 98.1 g/mol. The van der Waals surface area contributed by atoms with Gasteiger partial charge in [0.25, 0.3) is 0 Å². The third-order valence-electron chi connectivity index (χ3n) is 2.38. The molecule has 2 heterocycles. The highest BCUT2D eigenvalue weighted by Crippen LogP contribution is 2.31. The second kappa shape index (κ2) is 1.35. The molecule has 3 rings (SSSR count). The normalized spacial score (nSPS) is 44.1. The Kier molecular flexibility index (Phi) is 0.770. The molecule has 0 N–H and O–H groups in total. The lowest BCUT2D eigenvalue weighted by Gasteiger charge is -2.47. The van der Waals surface area contributed by atoms with Crippen molar-refractivity contribution in [3.05, 3.63) is 12.2 Å². The Hall–Kier alpha value is -0.300. The minimum Gasteiger partial charge on any atom is -0.297 e. The molecule has 2 bridgehead atoms. The van der Waals surface area contributed by atoms with E-state index in [2.05, 4.69) is 24.1 Å². The minimum absolute atomic E-state index is 0.800. The third kappa shape index (κ3) is 0.402. The van der Waals surface area contributed by atoms with Gasteiger partial charge in [-0.2, -0.15) is 0 Å². The van der Waals surface area contributed by atoms with Crippen molar-refractivity contribution in [2.75, 3.05) is 7.05 Å². The van der Waals surface area contributed by atoms with Crippen LogP contribution in [0.4, 0.5) is 0 Å². The Labute approximate surface area is 50.0 Å². The van der Waals surface area contributed by atoms with Gasteiger partial charge in [0.05, 0.1) is 0 Å². The van der Waals surface area contributed by atoms with E-state index in [4.69, 9.17) is 0 Å². The lowest BCUT2D eigenvalue weighted by atomic mass is 9.86. The first-order valence-corrected chi connectivity index (χ1v) is 3.26. The second-order valence-corrected chi connectivity index (χ2v) is 2.79. The first kappa shape index (κ1) is 4.57. The van der Waals surface area contributed by atoms with Crippen molar-refractivity contribution >= 4 is 0 Å². The molecule has 1 saturated heterocycles. The molecule has 0 spiro atoms. The zero-order valence-electron chi connectivity index (χ0n) is 5.17. The summed E-state index contributed by atoms with van der Waals surface area (Å²) < 4.78 is 0. The van der Waals surface area contributed by atoms with Gasteiger partial charge in [-0.15, -0.1) is 0 Å². The van der Waals surface area contributed by atoms with E-state index in [0.717, 1.165) is 12.1 Å². The van der Waals surface area contributed by atoms with Crippen LogP contribution in [0, 0.1) is 0 Å². The highest BCUT2D eigenvalue weighted by molar-refractivity contribution is 5.11. The van der Waals surface area contributed by atoms with Crippen molar-refractivity contribution in [3.63, 3.8) is 0 Å². The molecule has 0 aromatic carbocycles. The first-order chi connectivity index (χ1) is 3.88. The highest BCUT2D eigenvalue weighted by Gasteiger charge is 2.34. The van der Waals surface area contributed by atoms with Gasteiger partial charge in [-0.25, -0.2) is 0 Å². The lowest BCUT2D eigenvalue weighted by molar-refractivity contribution is 0.0666. The zero-order chi connectivity index (χ0) is 5.56. The van der Waals surface area contributed by atoms with Crippen LogP contribution in [-0.2, 0) is 0 Å². The molecule has 1 fully saturated rings. The van der Waals surface area contributed by atoms with Gasteiger partial charge in [-0.3, -0.25) is 4.90 Å². The predicted octanol–water partition coefficient (Wildman–Crippen LogP) is 1.02. The molecule has 3 aliphatic rings. The lowest BCUT2D eigenvalue weighted by Crippen LogP contribution is -2.53. The van der Waals surface area contributed by atoms with E-state index in [1.807, 2.05) is 0 Å². The summed E-state index contributed by atoms with van der Waals surface area (Å²) in [6.07, 6.45) is 7.32. The zero-order valence-corrected chi connectivity index (χ0v) is 5.17. The fourth-order valence-electron chi connectivity index (χ4n) is 1.61. The predicted molar refractivity (Wildman–Crippen MR) is 33.7 cm³/mol. The molecular formula is C7H11N. The van der Waals surface area contributed by atoms with Crippen molar-refractivity contribution in [2.45, 2.75) is 24.9 Å². The van der Waals surface area contributed by atoms with Crippen LogP contribution in [0.25, 0.3) is 0 Å². The summed E-state index contributed by atoms with van der Waals surface area (Å²) in [6.45, 7) is 0. The SMILES string of the molecule is CN1C2C=CCC1C2. The molecule has 2 aliphatic heterocycles. The number of nitrogens with zero attached hydrogens (tertiary/aromatic N) is 1. The maximum atomic E-state index is 2.44. The summed E-state index contributed by atoms with van der Waals surface area (Å²) in [5.74, 6) is 0. The van der Waals surface area contributed by atoms with Gasteiger partial charge < -0.3 is 0 Å². The van der Waals surface area contributed by atoms with Crippen LogP contribution in [-0.4, -0.2) is 24.0 Å². The molecule has 0 aromatic rings. The summed E-state index contributed by atoms with van der Waals surface area (Å²) in [7, 11) is 2.21. The van der Waals surface area contributed by atoms with E-state index in [-0.39, 0.29) is 0 Å². The van der Waals surface area contributed by atoms with Gasteiger partial charge in [-0.05, 0) is 19.9 Å².